The third-order valence-electron chi connectivity index (χ3n) is 5.03. The molecule has 3 aromatic rings. The van der Waals surface area contributed by atoms with Crippen LogP contribution in [0.4, 0.5) is 8.78 Å². The van der Waals surface area contributed by atoms with Gasteiger partial charge in [-0.2, -0.15) is 13.9 Å². The van der Waals surface area contributed by atoms with E-state index in [4.69, 9.17) is 11.6 Å². The zero-order valence-corrected chi connectivity index (χ0v) is 16.1. The molecule has 0 spiro atoms. The van der Waals surface area contributed by atoms with E-state index in [0.717, 1.165) is 17.0 Å². The molecule has 1 fully saturated rings. The van der Waals surface area contributed by atoms with Gasteiger partial charge in [-0.15, -0.1) is 0 Å². The van der Waals surface area contributed by atoms with E-state index in [2.05, 4.69) is 15.1 Å². The van der Waals surface area contributed by atoms with Gasteiger partial charge in [0, 0.05) is 42.0 Å². The first kappa shape index (κ1) is 19.4. The van der Waals surface area contributed by atoms with Crippen molar-refractivity contribution < 1.29 is 13.6 Å². The first-order chi connectivity index (χ1) is 14.0. The fourth-order valence-electron chi connectivity index (χ4n) is 3.54. The zero-order chi connectivity index (χ0) is 20.4. The maximum atomic E-state index is 12.7. The highest BCUT2D eigenvalue weighted by Crippen LogP contribution is 2.32. The minimum absolute atomic E-state index is 0.0501. The molecule has 0 unspecified atom stereocenters. The van der Waals surface area contributed by atoms with Crippen molar-refractivity contribution in [2.45, 2.75) is 25.2 Å². The van der Waals surface area contributed by atoms with Crippen molar-refractivity contribution in [2.24, 2.45) is 0 Å². The first-order valence-corrected chi connectivity index (χ1v) is 9.61. The smallest absolute Gasteiger partial charge is 0.315 e. The number of carbonyl (C=O) groups is 1. The second-order valence-electron chi connectivity index (χ2n) is 6.82. The number of carbonyl (C=O) groups excluding carboxylic acids is 1. The first-order valence-electron chi connectivity index (χ1n) is 9.23. The molecule has 9 heteroatoms. The molecule has 1 aromatic carbocycles. The third-order valence-corrected chi connectivity index (χ3v) is 5.28. The average molecular weight is 418 g/mol. The summed E-state index contributed by atoms with van der Waals surface area (Å²) >= 11 is 5.98. The van der Waals surface area contributed by atoms with E-state index in [-0.39, 0.29) is 19.0 Å². The fourth-order valence-corrected chi connectivity index (χ4v) is 3.67. The lowest BCUT2D eigenvalue weighted by atomic mass is 9.92. The van der Waals surface area contributed by atoms with Gasteiger partial charge in [0.15, 0.2) is 0 Å². The summed E-state index contributed by atoms with van der Waals surface area (Å²) in [5, 5.41) is 5.32. The Morgan fingerprint density at radius 2 is 1.76 bits per heavy atom. The zero-order valence-electron chi connectivity index (χ0n) is 15.4. The number of benzene rings is 1. The van der Waals surface area contributed by atoms with E-state index in [1.54, 1.807) is 35.3 Å². The van der Waals surface area contributed by atoms with Gasteiger partial charge in [-0.3, -0.25) is 4.79 Å². The van der Waals surface area contributed by atoms with Gasteiger partial charge in [-0.25, -0.2) is 14.6 Å². The monoisotopic (exact) mass is 417 g/mol. The van der Waals surface area contributed by atoms with Crippen LogP contribution in [0.25, 0.3) is 17.2 Å². The van der Waals surface area contributed by atoms with Gasteiger partial charge in [0.2, 0.25) is 0 Å². The number of piperidine rings is 1. The predicted octanol–water partition coefficient (Wildman–Crippen LogP) is 3.95. The largest absolute Gasteiger partial charge is 0.338 e. The molecule has 150 valence electrons. The van der Waals surface area contributed by atoms with Crippen LogP contribution in [0, 0.1) is 0 Å². The Morgan fingerprint density at radius 3 is 2.38 bits per heavy atom. The number of nitrogens with zero attached hydrogens (tertiary/aromatic N) is 5. The SMILES string of the molecule is O=C(C(F)F)N1CCC(c2cc(-c3ccc(Cl)cc3)nn2-c2ncccn2)CC1. The Balaban J connectivity index is 1.65. The lowest BCUT2D eigenvalue weighted by Gasteiger charge is -2.31. The average Bonchev–Trinajstić information content (AvgIpc) is 3.20. The molecular formula is C20H18ClF2N5O. The van der Waals surface area contributed by atoms with Crippen molar-refractivity contribution in [3.05, 3.63) is 59.5 Å². The number of halogens is 3. The number of amides is 1. The Morgan fingerprint density at radius 1 is 1.10 bits per heavy atom. The van der Waals surface area contributed by atoms with Gasteiger partial charge < -0.3 is 4.90 Å². The van der Waals surface area contributed by atoms with E-state index in [0.29, 0.717) is 23.8 Å². The summed E-state index contributed by atoms with van der Waals surface area (Å²) in [6.07, 6.45) is 1.44. The molecule has 29 heavy (non-hydrogen) atoms. The lowest BCUT2D eigenvalue weighted by Crippen LogP contribution is -2.41. The highest BCUT2D eigenvalue weighted by molar-refractivity contribution is 6.30. The van der Waals surface area contributed by atoms with Crippen molar-refractivity contribution in [3.8, 4) is 17.2 Å². The van der Waals surface area contributed by atoms with Crippen LogP contribution in [-0.4, -0.2) is 50.1 Å². The lowest BCUT2D eigenvalue weighted by molar-refractivity contribution is -0.143. The normalized spacial score (nSPS) is 15.1. The summed E-state index contributed by atoms with van der Waals surface area (Å²) in [6, 6.07) is 11.0. The summed E-state index contributed by atoms with van der Waals surface area (Å²) in [5.41, 5.74) is 2.54. The molecular weight excluding hydrogens is 400 g/mol. The minimum Gasteiger partial charge on any atom is -0.338 e. The predicted molar refractivity (Wildman–Crippen MR) is 104 cm³/mol. The van der Waals surface area contributed by atoms with Crippen LogP contribution in [0.5, 0.6) is 0 Å². The number of hydrogen-bond donors (Lipinski definition) is 0. The Bertz CT molecular complexity index is 986. The number of aromatic nitrogens is 4. The van der Waals surface area contributed by atoms with Gasteiger partial charge in [-0.1, -0.05) is 23.7 Å². The molecule has 1 saturated heterocycles. The van der Waals surface area contributed by atoms with Gasteiger partial charge in [0.25, 0.3) is 11.9 Å². The molecule has 1 aliphatic rings. The van der Waals surface area contributed by atoms with E-state index < -0.39 is 12.3 Å². The molecule has 0 radical (unpaired) electrons. The number of rotatable bonds is 4. The maximum Gasteiger partial charge on any atom is 0.315 e. The second kappa shape index (κ2) is 8.24. The molecule has 0 atom stereocenters. The number of hydrogen-bond acceptors (Lipinski definition) is 4. The van der Waals surface area contributed by atoms with E-state index >= 15 is 0 Å². The van der Waals surface area contributed by atoms with Crippen LogP contribution in [-0.2, 0) is 4.79 Å². The Labute approximate surface area is 171 Å². The van der Waals surface area contributed by atoms with Gasteiger partial charge >= 0.3 is 6.43 Å². The number of alkyl halides is 2. The molecule has 4 rings (SSSR count). The summed E-state index contributed by atoms with van der Waals surface area (Å²) in [6.45, 7) is 0.565. The molecule has 2 aromatic heterocycles. The van der Waals surface area contributed by atoms with Crippen molar-refractivity contribution in [1.82, 2.24) is 24.6 Å². The van der Waals surface area contributed by atoms with Crippen molar-refractivity contribution >= 4 is 17.5 Å². The van der Waals surface area contributed by atoms with Gasteiger partial charge in [-0.05, 0) is 37.1 Å². The quantitative estimate of drug-likeness (QED) is 0.644. The van der Waals surface area contributed by atoms with Crippen LogP contribution in [0.2, 0.25) is 5.02 Å². The minimum atomic E-state index is -2.97. The van der Waals surface area contributed by atoms with E-state index in [1.165, 1.54) is 4.90 Å². The summed E-state index contributed by atoms with van der Waals surface area (Å²) in [4.78, 5) is 21.4. The van der Waals surface area contributed by atoms with Crippen LogP contribution in [0.3, 0.4) is 0 Å². The Kier molecular flexibility index (Phi) is 5.53. The molecule has 1 aliphatic heterocycles. The van der Waals surface area contributed by atoms with Crippen molar-refractivity contribution in [1.29, 1.82) is 0 Å². The van der Waals surface area contributed by atoms with E-state index in [1.807, 2.05) is 18.2 Å². The topological polar surface area (TPSA) is 63.9 Å². The van der Waals surface area contributed by atoms with Gasteiger partial charge in [0.05, 0.1) is 11.4 Å². The van der Waals surface area contributed by atoms with Crippen LogP contribution < -0.4 is 0 Å². The maximum absolute atomic E-state index is 12.7. The highest BCUT2D eigenvalue weighted by atomic mass is 35.5. The summed E-state index contributed by atoms with van der Waals surface area (Å²) in [5.74, 6) is -0.618. The highest BCUT2D eigenvalue weighted by Gasteiger charge is 2.30. The molecule has 0 saturated carbocycles. The molecule has 6 nitrogen and oxygen atoms in total. The van der Waals surface area contributed by atoms with E-state index in [9.17, 15) is 13.6 Å². The van der Waals surface area contributed by atoms with Crippen molar-refractivity contribution in [2.75, 3.05) is 13.1 Å². The molecule has 0 N–H and O–H groups in total. The van der Waals surface area contributed by atoms with Crippen LogP contribution >= 0.6 is 11.6 Å². The Hall–Kier alpha value is -2.87. The standard InChI is InChI=1S/C20H18ClF2N5O/c21-15-4-2-13(3-5-15)16-12-17(28(26-16)20-24-8-1-9-25-20)14-6-10-27(11-7-14)19(29)18(22)23/h1-5,8-9,12,14,18H,6-7,10-11H2. The fraction of sp³-hybridized carbons (Fsp3) is 0.300. The third kappa shape index (κ3) is 4.12. The summed E-state index contributed by atoms with van der Waals surface area (Å²) < 4.78 is 27.1. The van der Waals surface area contributed by atoms with Crippen LogP contribution in [0.15, 0.2) is 48.8 Å². The molecule has 3 heterocycles. The molecule has 0 aliphatic carbocycles. The summed E-state index contributed by atoms with van der Waals surface area (Å²) in [7, 11) is 0. The number of likely N-dealkylation sites (tertiary alicyclic amines) is 1. The van der Waals surface area contributed by atoms with Gasteiger partial charge in [0.1, 0.15) is 0 Å². The molecule has 0 bridgehead atoms. The van der Waals surface area contributed by atoms with Crippen LogP contribution in [0.1, 0.15) is 24.5 Å². The van der Waals surface area contributed by atoms with Crippen molar-refractivity contribution in [3.63, 3.8) is 0 Å². The second-order valence-corrected chi connectivity index (χ2v) is 7.26. The molecule has 1 amide bonds.